The maximum atomic E-state index is 4.27. The SMILES string of the molecule is BrC(Cc1ncc[nH]1)C1Cc2ccccc21. The molecule has 0 fully saturated rings. The maximum Gasteiger partial charge on any atom is 0.107 e. The van der Waals surface area contributed by atoms with E-state index in [9.17, 15) is 0 Å². The molecule has 1 heterocycles. The van der Waals surface area contributed by atoms with E-state index in [0.29, 0.717) is 10.7 Å². The molecule has 1 aromatic heterocycles. The average molecular weight is 277 g/mol. The van der Waals surface area contributed by atoms with Crippen LogP contribution in [0.5, 0.6) is 0 Å². The number of aromatic nitrogens is 2. The van der Waals surface area contributed by atoms with E-state index in [1.165, 1.54) is 17.5 Å². The monoisotopic (exact) mass is 276 g/mol. The zero-order valence-electron chi connectivity index (χ0n) is 8.86. The van der Waals surface area contributed by atoms with Crippen molar-refractivity contribution in [2.24, 2.45) is 0 Å². The Morgan fingerprint density at radius 2 is 2.31 bits per heavy atom. The van der Waals surface area contributed by atoms with Crippen LogP contribution in [0.4, 0.5) is 0 Å². The van der Waals surface area contributed by atoms with Gasteiger partial charge in [0.2, 0.25) is 0 Å². The smallest absolute Gasteiger partial charge is 0.107 e. The lowest BCUT2D eigenvalue weighted by Crippen LogP contribution is -2.26. The van der Waals surface area contributed by atoms with E-state index in [1.54, 1.807) is 0 Å². The molecule has 1 aliphatic rings. The fourth-order valence-corrected chi connectivity index (χ4v) is 3.14. The summed E-state index contributed by atoms with van der Waals surface area (Å²) in [6.07, 6.45) is 5.84. The predicted octanol–water partition coefficient (Wildman–Crippen LogP) is 3.06. The summed E-state index contributed by atoms with van der Waals surface area (Å²) in [4.78, 5) is 7.90. The van der Waals surface area contributed by atoms with Gasteiger partial charge < -0.3 is 4.98 Å². The number of alkyl halides is 1. The fraction of sp³-hybridized carbons (Fsp3) is 0.308. The van der Waals surface area contributed by atoms with Gasteiger partial charge in [-0.25, -0.2) is 4.98 Å². The molecule has 0 saturated heterocycles. The molecular weight excluding hydrogens is 264 g/mol. The molecule has 2 aromatic rings. The quantitative estimate of drug-likeness (QED) is 0.858. The lowest BCUT2D eigenvalue weighted by atomic mass is 9.75. The van der Waals surface area contributed by atoms with Gasteiger partial charge in [-0.05, 0) is 17.5 Å². The molecule has 1 N–H and O–H groups in total. The summed E-state index contributed by atoms with van der Waals surface area (Å²) in [5, 5.41) is 0. The molecule has 16 heavy (non-hydrogen) atoms. The summed E-state index contributed by atoms with van der Waals surface area (Å²) in [6, 6.07) is 8.70. The zero-order chi connectivity index (χ0) is 11.0. The Bertz CT molecular complexity index is 478. The highest BCUT2D eigenvalue weighted by Crippen LogP contribution is 2.40. The first-order chi connectivity index (χ1) is 7.84. The van der Waals surface area contributed by atoms with Crippen molar-refractivity contribution < 1.29 is 0 Å². The molecule has 2 nitrogen and oxygen atoms in total. The number of nitrogens with zero attached hydrogens (tertiary/aromatic N) is 1. The Hall–Kier alpha value is -1.09. The molecule has 0 spiro atoms. The van der Waals surface area contributed by atoms with Crippen molar-refractivity contribution in [1.29, 1.82) is 0 Å². The lowest BCUT2D eigenvalue weighted by Gasteiger charge is -2.33. The first-order valence-electron chi connectivity index (χ1n) is 5.54. The molecule has 82 valence electrons. The van der Waals surface area contributed by atoms with E-state index >= 15 is 0 Å². The normalized spacial score (nSPS) is 19.9. The van der Waals surface area contributed by atoms with Gasteiger partial charge in [0, 0.05) is 29.6 Å². The number of fused-ring (bicyclic) bond motifs is 1. The summed E-state index contributed by atoms with van der Waals surface area (Å²) in [6.45, 7) is 0. The molecule has 0 bridgehead atoms. The second kappa shape index (κ2) is 4.06. The van der Waals surface area contributed by atoms with E-state index in [4.69, 9.17) is 0 Å². The van der Waals surface area contributed by atoms with Crippen molar-refractivity contribution in [2.45, 2.75) is 23.6 Å². The van der Waals surface area contributed by atoms with Crippen LogP contribution in [0.2, 0.25) is 0 Å². The topological polar surface area (TPSA) is 28.7 Å². The first kappa shape index (κ1) is 10.1. The van der Waals surface area contributed by atoms with Crippen LogP contribution in [0.1, 0.15) is 22.9 Å². The van der Waals surface area contributed by atoms with Gasteiger partial charge >= 0.3 is 0 Å². The van der Waals surface area contributed by atoms with E-state index in [2.05, 4.69) is 50.2 Å². The number of rotatable bonds is 3. The van der Waals surface area contributed by atoms with Crippen molar-refractivity contribution in [1.82, 2.24) is 9.97 Å². The van der Waals surface area contributed by atoms with Crippen molar-refractivity contribution in [3.63, 3.8) is 0 Å². The van der Waals surface area contributed by atoms with E-state index in [-0.39, 0.29) is 0 Å². The molecule has 0 radical (unpaired) electrons. The number of hydrogen-bond donors (Lipinski definition) is 1. The van der Waals surface area contributed by atoms with Crippen molar-refractivity contribution in [3.05, 3.63) is 53.6 Å². The van der Waals surface area contributed by atoms with Gasteiger partial charge in [0.1, 0.15) is 5.82 Å². The predicted molar refractivity (Wildman–Crippen MR) is 67.9 cm³/mol. The van der Waals surface area contributed by atoms with Crippen LogP contribution >= 0.6 is 15.9 Å². The zero-order valence-corrected chi connectivity index (χ0v) is 10.4. The number of imidazole rings is 1. The fourth-order valence-electron chi connectivity index (χ4n) is 2.36. The second-order valence-electron chi connectivity index (χ2n) is 4.27. The van der Waals surface area contributed by atoms with Crippen LogP contribution in [0, 0.1) is 0 Å². The van der Waals surface area contributed by atoms with Gasteiger partial charge in [0.15, 0.2) is 0 Å². The van der Waals surface area contributed by atoms with Gasteiger partial charge in [0.25, 0.3) is 0 Å². The summed E-state index contributed by atoms with van der Waals surface area (Å²) in [5.74, 6) is 1.70. The number of benzene rings is 1. The van der Waals surface area contributed by atoms with Crippen molar-refractivity contribution >= 4 is 15.9 Å². The highest BCUT2D eigenvalue weighted by Gasteiger charge is 2.31. The third-order valence-corrected chi connectivity index (χ3v) is 4.24. The molecule has 2 unspecified atom stereocenters. The molecule has 0 amide bonds. The number of halogens is 1. The van der Waals surface area contributed by atoms with Crippen LogP contribution in [-0.4, -0.2) is 14.8 Å². The third kappa shape index (κ3) is 1.69. The lowest BCUT2D eigenvalue weighted by molar-refractivity contribution is 0.573. The van der Waals surface area contributed by atoms with Crippen LogP contribution in [0.25, 0.3) is 0 Å². The Balaban J connectivity index is 1.72. The number of nitrogens with one attached hydrogen (secondary N) is 1. The largest absolute Gasteiger partial charge is 0.349 e. The minimum absolute atomic E-state index is 0.480. The summed E-state index contributed by atoms with van der Waals surface area (Å²) >= 11 is 3.79. The molecule has 0 saturated carbocycles. The van der Waals surface area contributed by atoms with Crippen LogP contribution in [0.3, 0.4) is 0 Å². The van der Waals surface area contributed by atoms with Crippen LogP contribution in [0.15, 0.2) is 36.7 Å². The molecule has 3 rings (SSSR count). The van der Waals surface area contributed by atoms with Crippen LogP contribution in [-0.2, 0) is 12.8 Å². The number of H-pyrrole nitrogens is 1. The average Bonchev–Trinajstić information content (AvgIpc) is 2.72. The summed E-state index contributed by atoms with van der Waals surface area (Å²) in [5.41, 5.74) is 2.99. The Labute approximate surface area is 103 Å². The van der Waals surface area contributed by atoms with E-state index in [0.717, 1.165) is 12.2 Å². The molecule has 1 aromatic carbocycles. The minimum atomic E-state index is 0.480. The van der Waals surface area contributed by atoms with Crippen LogP contribution < -0.4 is 0 Å². The number of aromatic amines is 1. The standard InChI is InChI=1S/C13H13BrN2/c14-12(8-13-15-5-6-16-13)11-7-9-3-1-2-4-10(9)11/h1-6,11-12H,7-8H2,(H,15,16). The maximum absolute atomic E-state index is 4.27. The Morgan fingerprint density at radius 3 is 3.06 bits per heavy atom. The summed E-state index contributed by atoms with van der Waals surface area (Å²) in [7, 11) is 0. The van der Waals surface area contributed by atoms with Gasteiger partial charge in [-0.3, -0.25) is 0 Å². The van der Waals surface area contributed by atoms with Gasteiger partial charge in [-0.2, -0.15) is 0 Å². The summed E-state index contributed by atoms with van der Waals surface area (Å²) < 4.78 is 0. The first-order valence-corrected chi connectivity index (χ1v) is 6.46. The third-order valence-electron chi connectivity index (χ3n) is 3.27. The van der Waals surface area contributed by atoms with E-state index < -0.39 is 0 Å². The van der Waals surface area contributed by atoms with Gasteiger partial charge in [-0.1, -0.05) is 40.2 Å². The van der Waals surface area contributed by atoms with Crippen molar-refractivity contribution in [3.8, 4) is 0 Å². The second-order valence-corrected chi connectivity index (χ2v) is 5.44. The van der Waals surface area contributed by atoms with Gasteiger partial charge in [0.05, 0.1) is 0 Å². The van der Waals surface area contributed by atoms with E-state index in [1.807, 2.05) is 12.4 Å². The Kier molecular flexibility index (Phi) is 2.56. The van der Waals surface area contributed by atoms with Crippen molar-refractivity contribution in [2.75, 3.05) is 0 Å². The number of hydrogen-bond acceptors (Lipinski definition) is 1. The molecular formula is C13H13BrN2. The molecule has 1 aliphatic carbocycles. The Morgan fingerprint density at radius 1 is 1.44 bits per heavy atom. The minimum Gasteiger partial charge on any atom is -0.349 e. The van der Waals surface area contributed by atoms with Gasteiger partial charge in [-0.15, -0.1) is 0 Å². The highest BCUT2D eigenvalue weighted by atomic mass is 79.9. The molecule has 3 heteroatoms. The highest BCUT2D eigenvalue weighted by molar-refractivity contribution is 9.09. The molecule has 0 aliphatic heterocycles. The molecule has 2 atom stereocenters.